The van der Waals surface area contributed by atoms with Crippen LogP contribution in [0.15, 0.2) is 24.3 Å². The van der Waals surface area contributed by atoms with Crippen molar-refractivity contribution in [2.24, 2.45) is 0 Å². The Morgan fingerprint density at radius 3 is 2.65 bits per heavy atom. The zero-order valence-electron chi connectivity index (χ0n) is 12.1. The van der Waals surface area contributed by atoms with Crippen molar-refractivity contribution in [1.82, 2.24) is 10.2 Å². The largest absolute Gasteiger partial charge is 0.324 e. The van der Waals surface area contributed by atoms with Crippen molar-refractivity contribution < 1.29 is 4.79 Å². The number of fused-ring (bicyclic) bond motifs is 1. The van der Waals surface area contributed by atoms with Crippen LogP contribution in [0.2, 0.25) is 0 Å². The van der Waals surface area contributed by atoms with E-state index in [1.165, 1.54) is 5.56 Å². The van der Waals surface area contributed by atoms with Gasteiger partial charge in [-0.1, -0.05) is 18.2 Å². The van der Waals surface area contributed by atoms with Crippen LogP contribution >= 0.6 is 0 Å². The zero-order valence-corrected chi connectivity index (χ0v) is 12.1. The summed E-state index contributed by atoms with van der Waals surface area (Å²) in [6.45, 7) is 2.64. The van der Waals surface area contributed by atoms with Gasteiger partial charge in [-0.2, -0.15) is 0 Å². The summed E-state index contributed by atoms with van der Waals surface area (Å²) in [5, 5.41) is 3.38. The van der Waals surface area contributed by atoms with Crippen molar-refractivity contribution in [3.8, 4) is 0 Å². The number of nitrogens with zero attached hydrogens (tertiary/aromatic N) is 2. The molecule has 0 aromatic heterocycles. The first-order valence-corrected chi connectivity index (χ1v) is 7.64. The summed E-state index contributed by atoms with van der Waals surface area (Å²) in [4.78, 5) is 16.7. The van der Waals surface area contributed by atoms with Gasteiger partial charge in [-0.25, -0.2) is 4.79 Å². The molecule has 2 heterocycles. The molecule has 0 spiro atoms. The smallest absolute Gasteiger partial charge is 0.324 e. The molecule has 3 rings (SSSR count). The predicted octanol–water partition coefficient (Wildman–Crippen LogP) is 2.76. The monoisotopic (exact) mass is 273 g/mol. The maximum atomic E-state index is 12.7. The molecule has 1 aromatic carbocycles. The first-order chi connectivity index (χ1) is 9.81. The third-order valence-corrected chi connectivity index (χ3v) is 4.43. The molecule has 2 aliphatic rings. The fraction of sp³-hybridized carbons (Fsp3) is 0.562. The van der Waals surface area contributed by atoms with Crippen LogP contribution < -0.4 is 10.2 Å². The van der Waals surface area contributed by atoms with Crippen LogP contribution in [0.3, 0.4) is 0 Å². The summed E-state index contributed by atoms with van der Waals surface area (Å²) < 4.78 is 0. The van der Waals surface area contributed by atoms with Crippen LogP contribution in [-0.4, -0.2) is 37.6 Å². The summed E-state index contributed by atoms with van der Waals surface area (Å²) in [7, 11) is 2.00. The lowest BCUT2D eigenvalue weighted by Crippen LogP contribution is -2.42. The summed E-state index contributed by atoms with van der Waals surface area (Å²) in [5.74, 6) is 0. The number of rotatable bonds is 1. The molecule has 1 unspecified atom stereocenters. The topological polar surface area (TPSA) is 35.6 Å². The summed E-state index contributed by atoms with van der Waals surface area (Å²) in [5.41, 5.74) is 2.33. The number of urea groups is 1. The SMILES string of the molecule is CNC1CCCN(C(=O)N2CCCC2)c2ccccc21. The van der Waals surface area contributed by atoms with Crippen LogP contribution in [0.4, 0.5) is 10.5 Å². The number of carbonyl (C=O) groups excluding carboxylic acids is 1. The van der Waals surface area contributed by atoms with Crippen molar-refractivity contribution in [3.05, 3.63) is 29.8 Å². The molecule has 1 saturated heterocycles. The van der Waals surface area contributed by atoms with Crippen LogP contribution in [-0.2, 0) is 0 Å². The fourth-order valence-electron chi connectivity index (χ4n) is 3.34. The van der Waals surface area contributed by atoms with E-state index in [9.17, 15) is 4.79 Å². The van der Waals surface area contributed by atoms with Gasteiger partial charge in [0.15, 0.2) is 0 Å². The van der Waals surface area contributed by atoms with Gasteiger partial charge in [-0.05, 0) is 44.4 Å². The number of nitrogens with one attached hydrogen (secondary N) is 1. The average molecular weight is 273 g/mol. The number of likely N-dealkylation sites (tertiary alicyclic amines) is 1. The molecule has 0 aliphatic carbocycles. The van der Waals surface area contributed by atoms with Gasteiger partial charge in [-0.15, -0.1) is 0 Å². The lowest BCUT2D eigenvalue weighted by atomic mass is 10.0. The number of hydrogen-bond donors (Lipinski definition) is 1. The van der Waals surface area contributed by atoms with Gasteiger partial charge in [0, 0.05) is 25.7 Å². The minimum absolute atomic E-state index is 0.187. The molecule has 2 amide bonds. The van der Waals surface area contributed by atoms with Crippen molar-refractivity contribution in [1.29, 1.82) is 0 Å². The first kappa shape index (κ1) is 13.4. The Hall–Kier alpha value is -1.55. The number of carbonyl (C=O) groups is 1. The molecule has 20 heavy (non-hydrogen) atoms. The Balaban J connectivity index is 1.92. The number of para-hydroxylation sites is 1. The zero-order chi connectivity index (χ0) is 13.9. The standard InChI is InChI=1S/C16H23N3O/c1-17-14-8-6-12-19(15-9-3-2-7-13(14)15)16(20)18-10-4-5-11-18/h2-3,7,9,14,17H,4-6,8,10-12H2,1H3. The van der Waals surface area contributed by atoms with E-state index >= 15 is 0 Å². The van der Waals surface area contributed by atoms with Gasteiger partial charge in [0.25, 0.3) is 0 Å². The highest BCUT2D eigenvalue weighted by Crippen LogP contribution is 2.33. The lowest BCUT2D eigenvalue weighted by Gasteiger charge is -2.28. The molecule has 2 aliphatic heterocycles. The molecule has 1 aromatic rings. The molecule has 4 heteroatoms. The van der Waals surface area contributed by atoms with E-state index in [1.807, 2.05) is 22.9 Å². The Morgan fingerprint density at radius 2 is 1.90 bits per heavy atom. The number of benzene rings is 1. The van der Waals surface area contributed by atoms with E-state index in [0.29, 0.717) is 6.04 Å². The Kier molecular flexibility index (Phi) is 3.92. The fourth-order valence-corrected chi connectivity index (χ4v) is 3.34. The number of anilines is 1. The maximum absolute atomic E-state index is 12.7. The van der Waals surface area contributed by atoms with Gasteiger partial charge in [0.05, 0.1) is 5.69 Å². The van der Waals surface area contributed by atoms with Crippen LogP contribution in [0.1, 0.15) is 37.3 Å². The van der Waals surface area contributed by atoms with E-state index in [1.54, 1.807) is 0 Å². The second-order valence-electron chi connectivity index (χ2n) is 5.67. The Bertz CT molecular complexity index is 482. The lowest BCUT2D eigenvalue weighted by molar-refractivity contribution is 0.215. The van der Waals surface area contributed by atoms with Crippen molar-refractivity contribution in [2.45, 2.75) is 31.7 Å². The molecule has 1 atom stereocenters. The molecule has 0 bridgehead atoms. The van der Waals surface area contributed by atoms with E-state index in [4.69, 9.17) is 0 Å². The molecular weight excluding hydrogens is 250 g/mol. The number of amides is 2. The second-order valence-corrected chi connectivity index (χ2v) is 5.67. The van der Waals surface area contributed by atoms with Gasteiger partial charge in [0.2, 0.25) is 0 Å². The first-order valence-electron chi connectivity index (χ1n) is 7.64. The molecular formula is C16H23N3O. The van der Waals surface area contributed by atoms with Crippen molar-refractivity contribution in [2.75, 3.05) is 31.6 Å². The third kappa shape index (κ3) is 2.40. The van der Waals surface area contributed by atoms with Gasteiger partial charge >= 0.3 is 6.03 Å². The van der Waals surface area contributed by atoms with Crippen molar-refractivity contribution in [3.63, 3.8) is 0 Å². The van der Waals surface area contributed by atoms with Crippen LogP contribution in [0.5, 0.6) is 0 Å². The minimum atomic E-state index is 0.187. The predicted molar refractivity (Wildman–Crippen MR) is 81.0 cm³/mol. The van der Waals surface area contributed by atoms with E-state index in [2.05, 4.69) is 23.5 Å². The Morgan fingerprint density at radius 1 is 1.15 bits per heavy atom. The van der Waals surface area contributed by atoms with E-state index < -0.39 is 0 Å². The molecule has 0 radical (unpaired) electrons. The summed E-state index contributed by atoms with van der Waals surface area (Å²) in [6.07, 6.45) is 4.40. The van der Waals surface area contributed by atoms with E-state index in [-0.39, 0.29) is 6.03 Å². The second kappa shape index (κ2) is 5.83. The molecule has 1 fully saturated rings. The highest BCUT2D eigenvalue weighted by Gasteiger charge is 2.29. The summed E-state index contributed by atoms with van der Waals surface area (Å²) >= 11 is 0. The average Bonchev–Trinajstić information content (AvgIpc) is 2.95. The normalized spacial score (nSPS) is 22.6. The van der Waals surface area contributed by atoms with Gasteiger partial charge in [-0.3, -0.25) is 4.90 Å². The van der Waals surface area contributed by atoms with Gasteiger partial charge < -0.3 is 10.2 Å². The minimum Gasteiger partial charge on any atom is -0.324 e. The maximum Gasteiger partial charge on any atom is 0.324 e. The molecule has 4 nitrogen and oxygen atoms in total. The van der Waals surface area contributed by atoms with E-state index in [0.717, 1.165) is 51.0 Å². The molecule has 1 N–H and O–H groups in total. The van der Waals surface area contributed by atoms with Crippen LogP contribution in [0, 0.1) is 0 Å². The van der Waals surface area contributed by atoms with Gasteiger partial charge in [0.1, 0.15) is 0 Å². The van der Waals surface area contributed by atoms with Crippen molar-refractivity contribution >= 4 is 11.7 Å². The quantitative estimate of drug-likeness (QED) is 0.854. The molecule has 0 saturated carbocycles. The highest BCUT2D eigenvalue weighted by molar-refractivity contribution is 5.93. The molecule has 108 valence electrons. The third-order valence-electron chi connectivity index (χ3n) is 4.43. The Labute approximate surface area is 120 Å². The highest BCUT2D eigenvalue weighted by atomic mass is 16.2. The van der Waals surface area contributed by atoms with Crippen LogP contribution in [0.25, 0.3) is 0 Å². The summed E-state index contributed by atoms with van der Waals surface area (Å²) in [6, 6.07) is 8.86. The number of hydrogen-bond acceptors (Lipinski definition) is 2.